The van der Waals surface area contributed by atoms with Gasteiger partial charge in [0.15, 0.2) is 0 Å². The summed E-state index contributed by atoms with van der Waals surface area (Å²) in [7, 11) is 2.90. The van der Waals surface area contributed by atoms with Gasteiger partial charge >= 0.3 is 18.9 Å². The topological polar surface area (TPSA) is 55.8 Å². The average Bonchev–Trinajstić information content (AvgIpc) is 2.16. The summed E-state index contributed by atoms with van der Waals surface area (Å²) < 4.78 is 9.26. The maximum Gasteiger partial charge on any atom is 0.443 e. The Hall–Kier alpha value is -1.48. The Balaban J connectivity index is 3.87. The van der Waals surface area contributed by atoms with E-state index in [1.807, 2.05) is 0 Å². The van der Waals surface area contributed by atoms with E-state index in [0.717, 1.165) is 0 Å². The van der Waals surface area contributed by atoms with Crippen molar-refractivity contribution >= 4 is 18.9 Å². The van der Waals surface area contributed by atoms with Gasteiger partial charge in [0.25, 0.3) is 0 Å². The summed E-state index contributed by atoms with van der Waals surface area (Å²) in [6.45, 7) is 1.08. The zero-order valence-electron chi connectivity index (χ0n) is 9.15. The summed E-state index contributed by atoms with van der Waals surface area (Å²) in [6, 6.07) is 0. The number of esters is 1. The van der Waals surface area contributed by atoms with E-state index in [4.69, 9.17) is 11.1 Å². The van der Waals surface area contributed by atoms with Crippen LogP contribution in [0.1, 0.15) is 0 Å². The first kappa shape index (κ1) is 13.5. The molecule has 0 fully saturated rings. The third kappa shape index (κ3) is 6.58. The molecule has 0 aliphatic carbocycles. The molecular formula is C9H14BNO4. The second-order valence-electron chi connectivity index (χ2n) is 3.05. The Morgan fingerprint density at radius 3 is 2.40 bits per heavy atom. The highest BCUT2D eigenvalue weighted by atomic mass is 16.5. The van der Waals surface area contributed by atoms with Crippen molar-refractivity contribution in [2.24, 2.45) is 0 Å². The zero-order valence-corrected chi connectivity index (χ0v) is 9.15. The molecule has 0 rings (SSSR count). The highest BCUT2D eigenvalue weighted by Crippen LogP contribution is 1.90. The van der Waals surface area contributed by atoms with Crippen LogP contribution < -0.4 is 0 Å². The monoisotopic (exact) mass is 211 g/mol. The fraction of sp³-hybridized carbons (Fsp3) is 0.556. The lowest BCUT2D eigenvalue weighted by Crippen LogP contribution is -2.34. The number of carbonyl (C=O) groups excluding carboxylic acids is 2. The van der Waals surface area contributed by atoms with Crippen LogP contribution in [0.4, 0.5) is 0 Å². The van der Waals surface area contributed by atoms with Crippen molar-refractivity contribution in [3.63, 3.8) is 0 Å². The van der Waals surface area contributed by atoms with Crippen molar-refractivity contribution in [2.75, 3.05) is 27.2 Å². The smallest absolute Gasteiger partial charge is 0.443 e. The molecule has 0 aliphatic heterocycles. The normalized spacial score (nSPS) is 9.27. The van der Waals surface area contributed by atoms with E-state index in [-0.39, 0.29) is 13.1 Å². The summed E-state index contributed by atoms with van der Waals surface area (Å²) in [5.74, 6) is 1.39. The van der Waals surface area contributed by atoms with Gasteiger partial charge in [0, 0.05) is 0 Å². The van der Waals surface area contributed by atoms with Gasteiger partial charge in [-0.25, -0.2) is 0 Å². The molecule has 0 saturated heterocycles. The number of methoxy groups -OCH3 is 1. The van der Waals surface area contributed by atoms with E-state index < -0.39 is 18.9 Å². The predicted molar refractivity (Wildman–Crippen MR) is 56.1 cm³/mol. The second kappa shape index (κ2) is 6.90. The van der Waals surface area contributed by atoms with Gasteiger partial charge in [0.05, 0.1) is 20.2 Å². The Morgan fingerprint density at radius 1 is 1.40 bits per heavy atom. The van der Waals surface area contributed by atoms with Crippen LogP contribution in [-0.2, 0) is 19.0 Å². The fourth-order valence-corrected chi connectivity index (χ4v) is 0.830. The van der Waals surface area contributed by atoms with Crippen LogP contribution in [0, 0.1) is 12.2 Å². The summed E-state index contributed by atoms with van der Waals surface area (Å²) in [4.78, 5) is 23.5. The number of terminal acetylenes is 1. The molecule has 0 unspecified atom stereocenters. The number of ether oxygens (including phenoxy) is 1. The van der Waals surface area contributed by atoms with Gasteiger partial charge < -0.3 is 9.39 Å². The lowest BCUT2D eigenvalue weighted by Gasteiger charge is -2.14. The van der Waals surface area contributed by atoms with E-state index >= 15 is 0 Å². The van der Waals surface area contributed by atoms with Crippen molar-refractivity contribution in [1.29, 1.82) is 0 Å². The van der Waals surface area contributed by atoms with E-state index in [1.165, 1.54) is 12.0 Å². The second-order valence-corrected chi connectivity index (χ2v) is 3.05. The Bertz CT molecular complexity index is 274. The number of carbonyl (C=O) groups is 2. The van der Waals surface area contributed by atoms with E-state index in [9.17, 15) is 9.59 Å². The highest BCUT2D eigenvalue weighted by Gasteiger charge is 2.15. The summed E-state index contributed by atoms with van der Waals surface area (Å²) in [5, 5.41) is 0. The molecular weight excluding hydrogens is 197 g/mol. The molecule has 0 saturated carbocycles. The number of likely N-dealkylation sites (N-methyl/N-ethyl adjacent to an activating group) is 1. The Labute approximate surface area is 89.8 Å². The predicted octanol–water partition coefficient (Wildman–Crippen LogP) is -0.572. The molecule has 0 aromatic heterocycles. The molecule has 0 aromatic rings. The first-order valence-electron chi connectivity index (χ1n) is 4.40. The van der Waals surface area contributed by atoms with Gasteiger partial charge in [-0.1, -0.05) is 0 Å². The van der Waals surface area contributed by atoms with Crippen molar-refractivity contribution in [2.45, 2.75) is 6.82 Å². The molecule has 0 bridgehead atoms. The van der Waals surface area contributed by atoms with Crippen LogP contribution >= 0.6 is 0 Å². The van der Waals surface area contributed by atoms with Gasteiger partial charge in [0.1, 0.15) is 0 Å². The van der Waals surface area contributed by atoms with Crippen molar-refractivity contribution in [3.8, 4) is 12.2 Å². The zero-order chi connectivity index (χ0) is 11.8. The Kier molecular flexibility index (Phi) is 6.22. The van der Waals surface area contributed by atoms with Gasteiger partial charge in [0.2, 0.25) is 0 Å². The molecule has 0 atom stereocenters. The molecule has 0 spiro atoms. The summed E-state index contributed by atoms with van der Waals surface area (Å²) >= 11 is 0. The maximum absolute atomic E-state index is 11.2. The van der Waals surface area contributed by atoms with Gasteiger partial charge in [-0.3, -0.25) is 14.5 Å². The molecule has 0 aliphatic rings. The summed E-state index contributed by atoms with van der Waals surface area (Å²) in [5.41, 5.74) is 0. The largest absolute Gasteiger partial charge is 0.522 e. The van der Waals surface area contributed by atoms with Crippen LogP contribution in [0.5, 0.6) is 0 Å². The van der Waals surface area contributed by atoms with Gasteiger partial charge in [-0.15, -0.1) is 12.2 Å². The first-order chi connectivity index (χ1) is 6.99. The SMILES string of the molecule is C#CB(C)OC(=O)CN(C)CC(=O)OC. The van der Waals surface area contributed by atoms with Crippen LogP contribution in [0.2, 0.25) is 6.82 Å². The van der Waals surface area contributed by atoms with Gasteiger partial charge in [-0.05, 0) is 13.9 Å². The molecule has 0 aromatic carbocycles. The molecule has 0 radical (unpaired) electrons. The minimum atomic E-state index is -0.552. The molecule has 0 N–H and O–H groups in total. The van der Waals surface area contributed by atoms with Crippen LogP contribution in [0.25, 0.3) is 0 Å². The van der Waals surface area contributed by atoms with E-state index in [0.29, 0.717) is 0 Å². The molecule has 15 heavy (non-hydrogen) atoms. The minimum absolute atomic E-state index is 0.00111. The quantitative estimate of drug-likeness (QED) is 0.346. The average molecular weight is 211 g/mol. The van der Waals surface area contributed by atoms with Crippen LogP contribution in [0.15, 0.2) is 0 Å². The number of hydrogen-bond acceptors (Lipinski definition) is 5. The third-order valence-corrected chi connectivity index (χ3v) is 1.57. The molecule has 0 heterocycles. The number of nitrogens with zero attached hydrogens (tertiary/aromatic N) is 1. The first-order valence-corrected chi connectivity index (χ1v) is 4.40. The van der Waals surface area contributed by atoms with E-state index in [2.05, 4.69) is 10.6 Å². The Morgan fingerprint density at radius 2 is 1.93 bits per heavy atom. The van der Waals surface area contributed by atoms with Crippen LogP contribution in [0.3, 0.4) is 0 Å². The third-order valence-electron chi connectivity index (χ3n) is 1.57. The standard InChI is InChI=1S/C9H14BNO4/c1-5-10(2)15-9(13)7-11(3)6-8(12)14-4/h1H,6-7H2,2-4H3. The highest BCUT2D eigenvalue weighted by molar-refractivity contribution is 6.61. The van der Waals surface area contributed by atoms with Crippen LogP contribution in [-0.4, -0.2) is 51.0 Å². The summed E-state index contributed by atoms with van der Waals surface area (Å²) in [6.07, 6.45) is 5.04. The number of rotatable bonds is 5. The maximum atomic E-state index is 11.2. The number of hydrogen-bond donors (Lipinski definition) is 0. The fourth-order valence-electron chi connectivity index (χ4n) is 0.830. The molecule has 82 valence electrons. The lowest BCUT2D eigenvalue weighted by molar-refractivity contribution is -0.142. The minimum Gasteiger partial charge on any atom is -0.522 e. The van der Waals surface area contributed by atoms with E-state index in [1.54, 1.807) is 13.9 Å². The molecule has 6 heteroatoms. The van der Waals surface area contributed by atoms with Crippen molar-refractivity contribution in [3.05, 3.63) is 0 Å². The lowest BCUT2D eigenvalue weighted by atomic mass is 9.73. The molecule has 5 nitrogen and oxygen atoms in total. The van der Waals surface area contributed by atoms with Gasteiger partial charge in [-0.2, -0.15) is 0 Å². The van der Waals surface area contributed by atoms with Crippen molar-refractivity contribution in [1.82, 2.24) is 4.90 Å². The van der Waals surface area contributed by atoms with Crippen molar-refractivity contribution < 1.29 is 19.0 Å². The molecule has 0 amide bonds.